The van der Waals surface area contributed by atoms with Gasteiger partial charge in [-0.25, -0.2) is 4.79 Å². The molecule has 4 nitrogen and oxygen atoms in total. The minimum absolute atomic E-state index is 0.0652. The Bertz CT molecular complexity index is 441. The predicted octanol–water partition coefficient (Wildman–Crippen LogP) is 3.70. The molecule has 19 heavy (non-hydrogen) atoms. The molecular weight excluding hydrogens is 268 g/mol. The normalized spacial score (nSPS) is 10.4. The maximum atomic E-state index is 11.5. The van der Waals surface area contributed by atoms with E-state index >= 15 is 0 Å². The van der Waals surface area contributed by atoms with Crippen LogP contribution < -0.4 is 9.47 Å². The highest BCUT2D eigenvalue weighted by molar-refractivity contribution is 6.32. The average molecular weight is 287 g/mol. The van der Waals surface area contributed by atoms with E-state index in [1.165, 1.54) is 20.3 Å². The lowest BCUT2D eigenvalue weighted by Gasteiger charge is -2.19. The molecule has 0 saturated carbocycles. The summed E-state index contributed by atoms with van der Waals surface area (Å²) in [5, 5.41) is 0.339. The Hall–Kier alpha value is -1.42. The van der Waals surface area contributed by atoms with Gasteiger partial charge in [-0.1, -0.05) is 25.4 Å². The summed E-state index contributed by atoms with van der Waals surface area (Å²) in [4.78, 5) is 11.5. The molecule has 0 radical (unpaired) electrons. The fourth-order valence-corrected chi connectivity index (χ4v) is 1.95. The first-order valence-electron chi connectivity index (χ1n) is 6.19. The van der Waals surface area contributed by atoms with Gasteiger partial charge in [-0.2, -0.15) is 0 Å². The minimum atomic E-state index is -0.464. The van der Waals surface area contributed by atoms with Crippen LogP contribution in [0.4, 0.5) is 0 Å². The first-order valence-corrected chi connectivity index (χ1v) is 6.57. The molecule has 1 aromatic rings. The third-order valence-corrected chi connectivity index (χ3v) is 3.13. The van der Waals surface area contributed by atoms with Crippen molar-refractivity contribution in [3.8, 4) is 11.5 Å². The van der Waals surface area contributed by atoms with Crippen LogP contribution in [-0.4, -0.2) is 26.3 Å². The van der Waals surface area contributed by atoms with Gasteiger partial charge in [-0.05, 0) is 25.0 Å². The maximum absolute atomic E-state index is 11.5. The van der Waals surface area contributed by atoms with Crippen molar-refractivity contribution < 1.29 is 19.0 Å². The van der Waals surface area contributed by atoms with E-state index in [1.54, 1.807) is 6.07 Å². The lowest BCUT2D eigenvalue weighted by molar-refractivity contribution is 0.0600. The summed E-state index contributed by atoms with van der Waals surface area (Å²) in [6, 6.07) is 3.09. The molecule has 106 valence electrons. The van der Waals surface area contributed by atoms with Crippen molar-refractivity contribution in [2.45, 2.75) is 32.8 Å². The molecule has 0 aromatic heterocycles. The molecule has 0 amide bonds. The summed E-state index contributed by atoms with van der Waals surface area (Å²) in [6.07, 6.45) is 1.80. The first kappa shape index (κ1) is 15.6. The van der Waals surface area contributed by atoms with Crippen molar-refractivity contribution in [3.63, 3.8) is 0 Å². The Morgan fingerprint density at radius 3 is 2.37 bits per heavy atom. The Labute approximate surface area is 118 Å². The van der Waals surface area contributed by atoms with E-state index in [1.807, 2.05) is 13.8 Å². The Morgan fingerprint density at radius 1 is 1.26 bits per heavy atom. The number of esters is 1. The average Bonchev–Trinajstić information content (AvgIpc) is 2.44. The number of ether oxygens (including phenoxy) is 3. The number of benzene rings is 1. The Balaban J connectivity index is 3.14. The largest absolute Gasteiger partial charge is 0.493 e. The molecule has 0 aliphatic carbocycles. The quantitative estimate of drug-likeness (QED) is 0.748. The van der Waals surface area contributed by atoms with Crippen molar-refractivity contribution in [1.29, 1.82) is 0 Å². The van der Waals surface area contributed by atoms with E-state index in [4.69, 9.17) is 21.1 Å². The molecule has 0 spiro atoms. The van der Waals surface area contributed by atoms with E-state index in [0.717, 1.165) is 12.8 Å². The highest BCUT2D eigenvalue weighted by Gasteiger charge is 2.18. The van der Waals surface area contributed by atoms with Gasteiger partial charge < -0.3 is 14.2 Å². The number of methoxy groups -OCH3 is 2. The number of halogens is 1. The van der Waals surface area contributed by atoms with Crippen LogP contribution in [0.15, 0.2) is 12.1 Å². The highest BCUT2D eigenvalue weighted by Crippen LogP contribution is 2.37. The van der Waals surface area contributed by atoms with Crippen LogP contribution in [0.2, 0.25) is 5.02 Å². The van der Waals surface area contributed by atoms with Crippen LogP contribution in [0, 0.1) is 0 Å². The van der Waals surface area contributed by atoms with Crippen LogP contribution in [0.1, 0.15) is 37.0 Å². The topological polar surface area (TPSA) is 44.8 Å². The lowest BCUT2D eigenvalue weighted by Crippen LogP contribution is -2.15. The van der Waals surface area contributed by atoms with E-state index in [-0.39, 0.29) is 6.10 Å². The third kappa shape index (κ3) is 3.77. The number of carbonyl (C=O) groups excluding carboxylic acids is 1. The summed E-state index contributed by atoms with van der Waals surface area (Å²) in [7, 11) is 2.82. The van der Waals surface area contributed by atoms with Gasteiger partial charge in [0, 0.05) is 0 Å². The van der Waals surface area contributed by atoms with E-state index in [2.05, 4.69) is 4.74 Å². The molecule has 0 unspecified atom stereocenters. The molecule has 1 aromatic carbocycles. The number of hydrogen-bond donors (Lipinski definition) is 0. The zero-order valence-electron chi connectivity index (χ0n) is 11.7. The van der Waals surface area contributed by atoms with Crippen LogP contribution in [0.25, 0.3) is 0 Å². The monoisotopic (exact) mass is 286 g/mol. The summed E-state index contributed by atoms with van der Waals surface area (Å²) in [5.74, 6) is 0.430. The number of carbonyl (C=O) groups is 1. The van der Waals surface area contributed by atoms with Gasteiger partial charge in [0.2, 0.25) is 0 Å². The van der Waals surface area contributed by atoms with E-state index in [9.17, 15) is 4.79 Å². The molecule has 0 fully saturated rings. The predicted molar refractivity (Wildman–Crippen MR) is 74.3 cm³/mol. The lowest BCUT2D eigenvalue weighted by atomic mass is 10.2. The van der Waals surface area contributed by atoms with Crippen LogP contribution in [0.5, 0.6) is 11.5 Å². The summed E-state index contributed by atoms with van der Waals surface area (Å²) in [5.41, 5.74) is 0.334. The van der Waals surface area contributed by atoms with Crippen LogP contribution in [0.3, 0.4) is 0 Å². The second-order valence-electron chi connectivity index (χ2n) is 4.04. The molecule has 0 heterocycles. The SMILES string of the molecule is CCC(CC)Oc1c(Cl)cc(C(=O)OC)cc1OC. The van der Waals surface area contributed by atoms with Crippen LogP contribution >= 0.6 is 11.6 Å². The molecule has 5 heteroatoms. The second-order valence-corrected chi connectivity index (χ2v) is 4.44. The van der Waals surface area contributed by atoms with Gasteiger partial charge in [-0.15, -0.1) is 0 Å². The zero-order chi connectivity index (χ0) is 14.4. The number of hydrogen-bond acceptors (Lipinski definition) is 4. The molecule has 0 aliphatic rings. The zero-order valence-corrected chi connectivity index (χ0v) is 12.4. The molecule has 0 saturated heterocycles. The van der Waals surface area contributed by atoms with Crippen LogP contribution in [-0.2, 0) is 4.74 Å². The molecule has 0 aliphatic heterocycles. The molecule has 0 atom stereocenters. The maximum Gasteiger partial charge on any atom is 0.338 e. The van der Waals surface area contributed by atoms with Gasteiger partial charge >= 0.3 is 5.97 Å². The van der Waals surface area contributed by atoms with Crippen molar-refractivity contribution >= 4 is 17.6 Å². The molecule has 0 N–H and O–H groups in total. The fourth-order valence-electron chi connectivity index (χ4n) is 1.69. The van der Waals surface area contributed by atoms with E-state index in [0.29, 0.717) is 22.1 Å². The van der Waals surface area contributed by atoms with Crippen molar-refractivity contribution in [2.24, 2.45) is 0 Å². The van der Waals surface area contributed by atoms with Crippen molar-refractivity contribution in [1.82, 2.24) is 0 Å². The standard InChI is InChI=1S/C14H19ClO4/c1-5-10(6-2)19-13-11(15)7-9(14(16)18-4)8-12(13)17-3/h7-8,10H,5-6H2,1-4H3. The van der Waals surface area contributed by atoms with E-state index < -0.39 is 5.97 Å². The summed E-state index contributed by atoms with van der Waals surface area (Å²) >= 11 is 6.16. The highest BCUT2D eigenvalue weighted by atomic mass is 35.5. The second kappa shape index (κ2) is 7.24. The fraction of sp³-hybridized carbons (Fsp3) is 0.500. The smallest absolute Gasteiger partial charge is 0.338 e. The molecular formula is C14H19ClO4. The first-order chi connectivity index (χ1) is 9.07. The van der Waals surface area contributed by atoms with Crippen molar-refractivity contribution in [3.05, 3.63) is 22.7 Å². The summed E-state index contributed by atoms with van der Waals surface area (Å²) < 4.78 is 15.7. The van der Waals surface area contributed by atoms with Gasteiger partial charge in [0.15, 0.2) is 11.5 Å². The van der Waals surface area contributed by atoms with Gasteiger partial charge in [-0.3, -0.25) is 0 Å². The molecule has 1 rings (SSSR count). The minimum Gasteiger partial charge on any atom is -0.493 e. The van der Waals surface area contributed by atoms with Crippen molar-refractivity contribution in [2.75, 3.05) is 14.2 Å². The molecule has 0 bridgehead atoms. The van der Waals surface area contributed by atoms with Gasteiger partial charge in [0.05, 0.1) is 30.9 Å². The summed E-state index contributed by atoms with van der Waals surface area (Å²) in [6.45, 7) is 4.08. The number of rotatable bonds is 6. The van der Waals surface area contributed by atoms with Gasteiger partial charge in [0.25, 0.3) is 0 Å². The third-order valence-electron chi connectivity index (χ3n) is 2.85. The Morgan fingerprint density at radius 2 is 1.89 bits per heavy atom. The Kier molecular flexibility index (Phi) is 5.96. The van der Waals surface area contributed by atoms with Gasteiger partial charge in [0.1, 0.15) is 0 Å².